The van der Waals surface area contributed by atoms with E-state index in [9.17, 15) is 0 Å². The van der Waals surface area contributed by atoms with E-state index < -0.39 is 0 Å². The maximum absolute atomic E-state index is 4.55. The van der Waals surface area contributed by atoms with E-state index in [1.807, 2.05) is 0 Å². The Bertz CT molecular complexity index is 636. The van der Waals surface area contributed by atoms with Crippen LogP contribution in [0.2, 0.25) is 0 Å². The van der Waals surface area contributed by atoms with Crippen LogP contribution in [0.15, 0.2) is 29.4 Å². The molecule has 0 saturated heterocycles. The van der Waals surface area contributed by atoms with Gasteiger partial charge in [-0.2, -0.15) is 0 Å². The monoisotopic (exact) mass is 346 g/mol. The third-order valence-electron chi connectivity index (χ3n) is 4.41. The van der Waals surface area contributed by atoms with Crippen molar-refractivity contribution >= 4 is 11.8 Å². The van der Waals surface area contributed by atoms with Gasteiger partial charge < -0.3 is 4.57 Å². The maximum atomic E-state index is 4.55. The highest BCUT2D eigenvalue weighted by Crippen LogP contribution is 2.28. The van der Waals surface area contributed by atoms with Gasteiger partial charge in [0.1, 0.15) is 0 Å². The van der Waals surface area contributed by atoms with Crippen LogP contribution in [0.3, 0.4) is 0 Å². The average Bonchev–Trinajstić information content (AvgIpc) is 2.95. The summed E-state index contributed by atoms with van der Waals surface area (Å²) < 4.78 is 2.33. The molecule has 0 saturated carbocycles. The van der Waals surface area contributed by atoms with Gasteiger partial charge >= 0.3 is 0 Å². The number of nitrogens with zero attached hydrogens (tertiary/aromatic N) is 4. The van der Waals surface area contributed by atoms with Gasteiger partial charge in [0.25, 0.3) is 0 Å². The van der Waals surface area contributed by atoms with Gasteiger partial charge in [-0.05, 0) is 45.0 Å². The molecule has 1 aromatic heterocycles. The third kappa shape index (κ3) is 4.61. The molecule has 0 radical (unpaired) electrons. The van der Waals surface area contributed by atoms with Crippen molar-refractivity contribution in [3.8, 4) is 0 Å². The van der Waals surface area contributed by atoms with Crippen LogP contribution in [-0.2, 0) is 12.3 Å². The van der Waals surface area contributed by atoms with Crippen molar-refractivity contribution < 1.29 is 0 Å². The molecule has 1 atom stereocenters. The number of hydrogen-bond acceptors (Lipinski definition) is 4. The quantitative estimate of drug-likeness (QED) is 0.617. The molecule has 2 rings (SSSR count). The second kappa shape index (κ2) is 9.23. The number of aromatic nitrogens is 3. The molecule has 0 fully saturated rings. The van der Waals surface area contributed by atoms with Crippen molar-refractivity contribution in [1.29, 1.82) is 0 Å². The first kappa shape index (κ1) is 19.0. The molecular formula is C19H30N4S. The first-order valence-electron chi connectivity index (χ1n) is 8.85. The number of benzene rings is 1. The lowest BCUT2D eigenvalue weighted by Gasteiger charge is -2.23. The van der Waals surface area contributed by atoms with Crippen molar-refractivity contribution in [3.05, 3.63) is 41.2 Å². The topological polar surface area (TPSA) is 34.0 Å². The molecule has 0 aliphatic carbocycles. The Balaban J connectivity index is 2.22. The summed E-state index contributed by atoms with van der Waals surface area (Å²) in [5.74, 6) is 2.04. The Morgan fingerprint density at radius 3 is 2.54 bits per heavy atom. The van der Waals surface area contributed by atoms with Crippen LogP contribution < -0.4 is 0 Å². The fraction of sp³-hybridized carbons (Fsp3) is 0.579. The molecule has 0 aliphatic rings. The first-order valence-corrected chi connectivity index (χ1v) is 9.83. The third-order valence-corrected chi connectivity index (χ3v) is 5.42. The van der Waals surface area contributed by atoms with Gasteiger partial charge in [0.15, 0.2) is 11.0 Å². The van der Waals surface area contributed by atoms with Gasteiger partial charge in [0.2, 0.25) is 0 Å². The summed E-state index contributed by atoms with van der Waals surface area (Å²) in [6.45, 7) is 7.61. The van der Waals surface area contributed by atoms with Crippen molar-refractivity contribution in [3.63, 3.8) is 0 Å². The van der Waals surface area contributed by atoms with E-state index in [2.05, 4.69) is 78.8 Å². The Labute approximate surface area is 150 Å². The second-order valence-corrected chi connectivity index (χ2v) is 7.39. The highest BCUT2D eigenvalue weighted by molar-refractivity contribution is 7.98. The zero-order valence-electron chi connectivity index (χ0n) is 15.6. The van der Waals surface area contributed by atoms with Gasteiger partial charge in [-0.1, -0.05) is 56.3 Å². The Hall–Kier alpha value is -1.33. The average molecular weight is 347 g/mol. The number of hydrogen-bond donors (Lipinski definition) is 0. The minimum Gasteiger partial charge on any atom is -0.305 e. The fourth-order valence-corrected chi connectivity index (χ4v) is 3.92. The molecule has 1 unspecified atom stereocenters. The molecule has 0 spiro atoms. The highest BCUT2D eigenvalue weighted by Gasteiger charge is 2.21. The second-order valence-electron chi connectivity index (χ2n) is 6.45. The Morgan fingerprint density at radius 2 is 1.92 bits per heavy atom. The van der Waals surface area contributed by atoms with E-state index in [0.717, 1.165) is 36.1 Å². The number of thioether (sulfide) groups is 1. The molecule has 0 amide bonds. The van der Waals surface area contributed by atoms with Crippen LogP contribution in [0.5, 0.6) is 0 Å². The van der Waals surface area contributed by atoms with Gasteiger partial charge in [-0.3, -0.25) is 4.90 Å². The smallest absolute Gasteiger partial charge is 0.191 e. The minimum atomic E-state index is 0.321. The van der Waals surface area contributed by atoms with Crippen LogP contribution in [0, 0.1) is 6.92 Å². The molecule has 1 aromatic carbocycles. The van der Waals surface area contributed by atoms with Crippen molar-refractivity contribution in [2.75, 3.05) is 14.1 Å². The van der Waals surface area contributed by atoms with E-state index in [1.54, 1.807) is 11.8 Å². The summed E-state index contributed by atoms with van der Waals surface area (Å²) in [5.41, 5.74) is 2.71. The van der Waals surface area contributed by atoms with Gasteiger partial charge in [0.05, 0.1) is 6.04 Å². The summed E-state index contributed by atoms with van der Waals surface area (Å²) in [7, 11) is 4.24. The summed E-state index contributed by atoms with van der Waals surface area (Å²) in [4.78, 5) is 2.24. The molecule has 5 heteroatoms. The summed E-state index contributed by atoms with van der Waals surface area (Å²) in [5, 5.41) is 10.1. The summed E-state index contributed by atoms with van der Waals surface area (Å²) >= 11 is 1.80. The summed E-state index contributed by atoms with van der Waals surface area (Å²) in [6, 6.07) is 8.89. The molecule has 0 N–H and O–H groups in total. The fourth-order valence-electron chi connectivity index (χ4n) is 2.87. The molecule has 132 valence electrons. The molecule has 0 bridgehead atoms. The number of aryl methyl sites for hydroxylation is 1. The van der Waals surface area contributed by atoms with E-state index in [-0.39, 0.29) is 0 Å². The SMILES string of the molecule is CCCCn1c(SCc2ccccc2C)nnc1C(CC)N(C)C. The number of unbranched alkanes of at least 4 members (excludes halogenated alkanes) is 1. The van der Waals surface area contributed by atoms with Crippen LogP contribution in [0.25, 0.3) is 0 Å². The van der Waals surface area contributed by atoms with Crippen LogP contribution >= 0.6 is 11.8 Å². The largest absolute Gasteiger partial charge is 0.305 e. The highest BCUT2D eigenvalue weighted by atomic mass is 32.2. The standard InChI is InChI=1S/C19H30N4S/c1-6-8-13-23-18(17(7-2)22(4)5)20-21-19(23)24-14-16-12-10-9-11-15(16)3/h9-12,17H,6-8,13-14H2,1-5H3. The Kier molecular flexibility index (Phi) is 7.31. The van der Waals surface area contributed by atoms with Crippen molar-refractivity contribution in [1.82, 2.24) is 19.7 Å². The summed E-state index contributed by atoms with van der Waals surface area (Å²) in [6.07, 6.45) is 3.38. The van der Waals surface area contributed by atoms with E-state index in [4.69, 9.17) is 0 Å². The molecule has 0 aliphatic heterocycles. The zero-order chi connectivity index (χ0) is 17.5. The first-order chi connectivity index (χ1) is 11.6. The molecule has 1 heterocycles. The van der Waals surface area contributed by atoms with Gasteiger partial charge in [-0.25, -0.2) is 0 Å². The molecular weight excluding hydrogens is 316 g/mol. The molecule has 24 heavy (non-hydrogen) atoms. The lowest BCUT2D eigenvalue weighted by atomic mass is 10.1. The van der Waals surface area contributed by atoms with Gasteiger partial charge in [-0.15, -0.1) is 10.2 Å². The van der Waals surface area contributed by atoms with Gasteiger partial charge in [0, 0.05) is 12.3 Å². The molecule has 4 nitrogen and oxygen atoms in total. The predicted octanol–water partition coefficient (Wildman–Crippen LogP) is 4.69. The van der Waals surface area contributed by atoms with E-state index in [1.165, 1.54) is 17.5 Å². The number of rotatable bonds is 9. The zero-order valence-corrected chi connectivity index (χ0v) is 16.4. The van der Waals surface area contributed by atoms with E-state index in [0.29, 0.717) is 6.04 Å². The lowest BCUT2D eigenvalue weighted by Crippen LogP contribution is -2.23. The maximum Gasteiger partial charge on any atom is 0.191 e. The normalized spacial score (nSPS) is 12.8. The van der Waals surface area contributed by atoms with Crippen molar-refractivity contribution in [2.24, 2.45) is 0 Å². The van der Waals surface area contributed by atoms with Crippen LogP contribution in [0.1, 0.15) is 56.1 Å². The predicted molar refractivity (Wildman–Crippen MR) is 102 cm³/mol. The van der Waals surface area contributed by atoms with Crippen LogP contribution in [0.4, 0.5) is 0 Å². The molecule has 2 aromatic rings. The lowest BCUT2D eigenvalue weighted by molar-refractivity contribution is 0.270. The van der Waals surface area contributed by atoms with Crippen molar-refractivity contribution in [2.45, 2.75) is 63.5 Å². The minimum absolute atomic E-state index is 0.321. The van der Waals surface area contributed by atoms with E-state index >= 15 is 0 Å². The van der Waals surface area contributed by atoms with Crippen LogP contribution in [-0.4, -0.2) is 33.8 Å². The Morgan fingerprint density at radius 1 is 1.17 bits per heavy atom.